The topological polar surface area (TPSA) is 87.9 Å². The molecule has 2 fully saturated rings. The van der Waals surface area contributed by atoms with Crippen molar-refractivity contribution in [1.82, 2.24) is 15.4 Å². The predicted octanol–water partition coefficient (Wildman–Crippen LogP) is 2.44. The zero-order valence-corrected chi connectivity index (χ0v) is 18.2. The van der Waals surface area contributed by atoms with Gasteiger partial charge in [-0.25, -0.2) is 0 Å². The number of aromatic nitrogens is 1. The van der Waals surface area contributed by atoms with Crippen LogP contribution in [-0.4, -0.2) is 60.8 Å². The van der Waals surface area contributed by atoms with Crippen molar-refractivity contribution >= 4 is 17.5 Å². The molecule has 2 amide bonds. The number of nitrogens with one attached hydrogen (secondary N) is 1. The first-order valence-corrected chi connectivity index (χ1v) is 10.9. The second-order valence-electron chi connectivity index (χ2n) is 8.26. The van der Waals surface area contributed by atoms with Gasteiger partial charge < -0.3 is 24.4 Å². The van der Waals surface area contributed by atoms with E-state index in [1.807, 2.05) is 43.0 Å². The number of hydrogen-bond acceptors (Lipinski definition) is 6. The summed E-state index contributed by atoms with van der Waals surface area (Å²) < 4.78 is 10.6. The molecule has 2 aliphatic rings. The lowest BCUT2D eigenvalue weighted by atomic mass is 10.1. The van der Waals surface area contributed by atoms with Gasteiger partial charge in [0.1, 0.15) is 5.76 Å². The number of hydrogen-bond donors (Lipinski definition) is 1. The van der Waals surface area contributed by atoms with Crippen molar-refractivity contribution in [2.45, 2.75) is 45.7 Å². The first-order chi connectivity index (χ1) is 15.0. The molecule has 3 heterocycles. The number of aryl methyl sites for hydroxylation is 2. The molecule has 2 aliphatic heterocycles. The number of carbonyl (C=O) groups excluding carboxylic acids is 2. The van der Waals surface area contributed by atoms with Crippen molar-refractivity contribution in [1.29, 1.82) is 0 Å². The number of amides is 2. The van der Waals surface area contributed by atoms with Gasteiger partial charge in [0.05, 0.1) is 25.5 Å². The minimum absolute atomic E-state index is 0.0231. The Balaban J connectivity index is 1.33. The van der Waals surface area contributed by atoms with E-state index in [1.165, 1.54) is 0 Å². The van der Waals surface area contributed by atoms with Gasteiger partial charge in [-0.15, -0.1) is 0 Å². The number of morpholine rings is 1. The molecule has 31 heavy (non-hydrogen) atoms. The Morgan fingerprint density at radius 3 is 2.55 bits per heavy atom. The van der Waals surface area contributed by atoms with Crippen molar-refractivity contribution < 1.29 is 18.8 Å². The van der Waals surface area contributed by atoms with Crippen LogP contribution in [0.4, 0.5) is 5.69 Å². The van der Waals surface area contributed by atoms with Crippen LogP contribution >= 0.6 is 0 Å². The predicted molar refractivity (Wildman–Crippen MR) is 116 cm³/mol. The van der Waals surface area contributed by atoms with E-state index in [1.54, 1.807) is 0 Å². The number of rotatable bonds is 5. The molecule has 4 rings (SSSR count). The monoisotopic (exact) mass is 426 g/mol. The second-order valence-corrected chi connectivity index (χ2v) is 8.26. The highest BCUT2D eigenvalue weighted by Gasteiger charge is 2.25. The number of benzene rings is 1. The lowest BCUT2D eigenvalue weighted by molar-refractivity contribution is -0.131. The average Bonchev–Trinajstić information content (AvgIpc) is 3.00. The van der Waals surface area contributed by atoms with Gasteiger partial charge in [-0.1, -0.05) is 5.16 Å². The van der Waals surface area contributed by atoms with Gasteiger partial charge in [0.15, 0.2) is 0 Å². The van der Waals surface area contributed by atoms with Gasteiger partial charge in [0.2, 0.25) is 5.91 Å². The van der Waals surface area contributed by atoms with E-state index in [4.69, 9.17) is 9.26 Å². The molecule has 2 aromatic rings. The van der Waals surface area contributed by atoms with Gasteiger partial charge in [-0.2, -0.15) is 0 Å². The Bertz CT molecular complexity index is 899. The van der Waals surface area contributed by atoms with Crippen LogP contribution < -0.4 is 10.2 Å². The standard InChI is InChI=1S/C23H30N4O4/c1-16-21(17(2)31-25-16)15-27-10-9-19(5-8-22(27)28)24-23(29)18-3-6-20(7-4-18)26-11-13-30-14-12-26/h3-4,6-7,19H,5,8-15H2,1-2H3,(H,24,29). The Labute approximate surface area is 182 Å². The van der Waals surface area contributed by atoms with Crippen LogP contribution in [0.25, 0.3) is 0 Å². The summed E-state index contributed by atoms with van der Waals surface area (Å²) in [6.07, 6.45) is 1.80. The minimum atomic E-state index is -0.0925. The zero-order chi connectivity index (χ0) is 21.8. The van der Waals surface area contributed by atoms with Gasteiger partial charge >= 0.3 is 0 Å². The smallest absolute Gasteiger partial charge is 0.251 e. The Morgan fingerprint density at radius 1 is 1.13 bits per heavy atom. The lowest BCUT2D eigenvalue weighted by Gasteiger charge is -2.28. The summed E-state index contributed by atoms with van der Waals surface area (Å²) in [6.45, 7) is 8.06. The molecule has 8 nitrogen and oxygen atoms in total. The highest BCUT2D eigenvalue weighted by molar-refractivity contribution is 5.94. The fraction of sp³-hybridized carbons (Fsp3) is 0.522. The van der Waals surface area contributed by atoms with Crippen molar-refractivity contribution in [2.24, 2.45) is 0 Å². The maximum atomic E-state index is 12.8. The fourth-order valence-electron chi connectivity index (χ4n) is 4.18. The highest BCUT2D eigenvalue weighted by Crippen LogP contribution is 2.20. The van der Waals surface area contributed by atoms with Gasteiger partial charge in [0.25, 0.3) is 5.91 Å². The third kappa shape index (κ3) is 5.07. The first kappa shape index (κ1) is 21.4. The molecular weight excluding hydrogens is 396 g/mol. The quantitative estimate of drug-likeness (QED) is 0.790. The Kier molecular flexibility index (Phi) is 6.56. The maximum absolute atomic E-state index is 12.8. The number of likely N-dealkylation sites (tertiary alicyclic amines) is 1. The number of carbonyl (C=O) groups is 2. The van der Waals surface area contributed by atoms with E-state index in [9.17, 15) is 9.59 Å². The summed E-state index contributed by atoms with van der Waals surface area (Å²) in [5.74, 6) is 0.761. The second kappa shape index (κ2) is 9.51. The van der Waals surface area contributed by atoms with Crippen LogP contribution in [0.3, 0.4) is 0 Å². The van der Waals surface area contributed by atoms with Crippen molar-refractivity contribution in [3.8, 4) is 0 Å². The lowest BCUT2D eigenvalue weighted by Crippen LogP contribution is -2.37. The van der Waals surface area contributed by atoms with Crippen molar-refractivity contribution in [2.75, 3.05) is 37.7 Å². The summed E-state index contributed by atoms with van der Waals surface area (Å²) in [6, 6.07) is 7.69. The van der Waals surface area contributed by atoms with Crippen molar-refractivity contribution in [3.05, 3.63) is 46.8 Å². The zero-order valence-electron chi connectivity index (χ0n) is 18.2. The SMILES string of the molecule is Cc1noc(C)c1CN1CCC(NC(=O)c2ccc(N3CCOCC3)cc2)CCC1=O. The summed E-state index contributed by atoms with van der Waals surface area (Å²) in [5, 5.41) is 7.09. The van der Waals surface area contributed by atoms with Crippen LogP contribution in [0.2, 0.25) is 0 Å². The highest BCUT2D eigenvalue weighted by atomic mass is 16.5. The third-order valence-electron chi connectivity index (χ3n) is 6.18. The summed E-state index contributed by atoms with van der Waals surface area (Å²) >= 11 is 0. The molecular formula is C23H30N4O4. The van der Waals surface area contributed by atoms with E-state index in [2.05, 4.69) is 15.4 Å². The van der Waals surface area contributed by atoms with Crippen LogP contribution in [0, 0.1) is 13.8 Å². The summed E-state index contributed by atoms with van der Waals surface area (Å²) in [4.78, 5) is 29.5. The Hall–Kier alpha value is -2.87. The van der Waals surface area contributed by atoms with Gasteiger partial charge in [-0.3, -0.25) is 9.59 Å². The van der Waals surface area contributed by atoms with E-state index >= 15 is 0 Å². The van der Waals surface area contributed by atoms with Crippen LogP contribution in [-0.2, 0) is 16.1 Å². The Morgan fingerprint density at radius 2 is 1.87 bits per heavy atom. The van der Waals surface area contributed by atoms with Crippen LogP contribution in [0.1, 0.15) is 46.6 Å². The fourth-order valence-corrected chi connectivity index (χ4v) is 4.18. The maximum Gasteiger partial charge on any atom is 0.251 e. The van der Waals surface area contributed by atoms with Crippen LogP contribution in [0.15, 0.2) is 28.8 Å². The van der Waals surface area contributed by atoms with Gasteiger partial charge in [0, 0.05) is 48.9 Å². The molecule has 0 saturated carbocycles. The molecule has 1 N–H and O–H groups in total. The largest absolute Gasteiger partial charge is 0.378 e. The normalized spacial score (nSPS) is 19.9. The van der Waals surface area contributed by atoms with Crippen LogP contribution in [0.5, 0.6) is 0 Å². The van der Waals surface area contributed by atoms with Crippen molar-refractivity contribution in [3.63, 3.8) is 0 Å². The summed E-state index contributed by atoms with van der Waals surface area (Å²) in [7, 11) is 0. The van der Waals surface area contributed by atoms with E-state index in [0.29, 0.717) is 31.5 Å². The number of anilines is 1. The first-order valence-electron chi connectivity index (χ1n) is 10.9. The minimum Gasteiger partial charge on any atom is -0.378 e. The third-order valence-corrected chi connectivity index (χ3v) is 6.18. The molecule has 0 aliphatic carbocycles. The molecule has 1 aromatic heterocycles. The molecule has 0 radical (unpaired) electrons. The molecule has 2 saturated heterocycles. The van der Waals surface area contributed by atoms with E-state index in [0.717, 1.165) is 55.4 Å². The molecule has 1 unspecified atom stereocenters. The summed E-state index contributed by atoms with van der Waals surface area (Å²) in [5.41, 5.74) is 3.53. The molecule has 1 aromatic carbocycles. The van der Waals surface area contributed by atoms with Gasteiger partial charge in [-0.05, 0) is 51.0 Å². The van der Waals surface area contributed by atoms with E-state index in [-0.39, 0.29) is 17.9 Å². The molecule has 0 bridgehead atoms. The molecule has 8 heteroatoms. The number of ether oxygens (including phenoxy) is 1. The van der Waals surface area contributed by atoms with E-state index < -0.39 is 0 Å². The number of nitrogens with zero attached hydrogens (tertiary/aromatic N) is 3. The molecule has 1 atom stereocenters. The molecule has 0 spiro atoms. The molecule has 166 valence electrons. The average molecular weight is 427 g/mol.